The molecule has 1 aliphatic rings. The van der Waals surface area contributed by atoms with Crippen LogP contribution in [0.1, 0.15) is 18.5 Å². The summed E-state index contributed by atoms with van der Waals surface area (Å²) in [5, 5.41) is 10.6. The molecule has 0 bridgehead atoms. The third kappa shape index (κ3) is 3.53. The van der Waals surface area contributed by atoms with E-state index in [0.717, 1.165) is 43.1 Å². The summed E-state index contributed by atoms with van der Waals surface area (Å²) in [6, 6.07) is 7.62. The molecule has 1 saturated heterocycles. The van der Waals surface area contributed by atoms with Gasteiger partial charge in [-0.2, -0.15) is 5.10 Å². The van der Waals surface area contributed by atoms with Gasteiger partial charge in [0.15, 0.2) is 0 Å². The Morgan fingerprint density at radius 2 is 2.04 bits per heavy atom. The van der Waals surface area contributed by atoms with Crippen LogP contribution in [0.15, 0.2) is 36.7 Å². The molecule has 6 heteroatoms. The molecule has 1 fully saturated rings. The van der Waals surface area contributed by atoms with Crippen LogP contribution in [-0.2, 0) is 4.79 Å². The molecule has 0 aliphatic carbocycles. The van der Waals surface area contributed by atoms with Gasteiger partial charge >= 0.3 is 0 Å². The number of rotatable bonds is 4. The van der Waals surface area contributed by atoms with E-state index < -0.39 is 0 Å². The average molecular weight is 313 g/mol. The van der Waals surface area contributed by atoms with Gasteiger partial charge in [-0.05, 0) is 31.5 Å². The van der Waals surface area contributed by atoms with Crippen molar-refractivity contribution < 1.29 is 4.79 Å². The number of anilines is 2. The molecular weight excluding hydrogens is 290 g/mol. The summed E-state index contributed by atoms with van der Waals surface area (Å²) in [6.45, 7) is 7.64. The van der Waals surface area contributed by atoms with Crippen molar-refractivity contribution in [2.75, 3.05) is 36.4 Å². The van der Waals surface area contributed by atoms with Crippen molar-refractivity contribution in [1.29, 1.82) is 0 Å². The lowest BCUT2D eigenvalue weighted by molar-refractivity contribution is -0.119. The zero-order valence-electron chi connectivity index (χ0n) is 13.6. The highest BCUT2D eigenvalue weighted by atomic mass is 16.2. The van der Waals surface area contributed by atoms with Gasteiger partial charge in [-0.25, -0.2) is 0 Å². The lowest BCUT2D eigenvalue weighted by atomic mass is 10.2. The fraction of sp³-hybridized carbons (Fsp3) is 0.412. The Kier molecular flexibility index (Phi) is 4.62. The Morgan fingerprint density at radius 3 is 2.74 bits per heavy atom. The van der Waals surface area contributed by atoms with Crippen LogP contribution < -0.4 is 15.5 Å². The van der Waals surface area contributed by atoms with Crippen molar-refractivity contribution in [3.63, 3.8) is 0 Å². The molecular formula is C17H23N5O. The van der Waals surface area contributed by atoms with Crippen molar-refractivity contribution in [2.45, 2.75) is 19.9 Å². The Balaban J connectivity index is 1.75. The quantitative estimate of drug-likeness (QED) is 0.903. The van der Waals surface area contributed by atoms with Crippen LogP contribution in [0.2, 0.25) is 0 Å². The van der Waals surface area contributed by atoms with Crippen LogP contribution >= 0.6 is 0 Å². The largest absolute Gasteiger partial charge is 0.367 e. The standard InChI is InChI=1S/C17H23N5O/c1-13-11-19-22(12-13)14(2)17(23)20-15-5-3-4-6-16(15)21-9-7-18-8-10-21/h3-6,11-12,14,18H,7-10H2,1-2H3,(H,20,23). The van der Waals surface area contributed by atoms with Crippen molar-refractivity contribution in [3.8, 4) is 0 Å². The summed E-state index contributed by atoms with van der Waals surface area (Å²) in [5.41, 5.74) is 2.98. The lowest BCUT2D eigenvalue weighted by Gasteiger charge is -2.31. The number of carbonyl (C=O) groups is 1. The monoisotopic (exact) mass is 313 g/mol. The Hall–Kier alpha value is -2.34. The van der Waals surface area contributed by atoms with E-state index >= 15 is 0 Å². The van der Waals surface area contributed by atoms with Gasteiger partial charge < -0.3 is 15.5 Å². The van der Waals surface area contributed by atoms with Crippen LogP contribution in [0.4, 0.5) is 11.4 Å². The molecule has 0 saturated carbocycles. The number of amides is 1. The van der Waals surface area contributed by atoms with E-state index in [1.165, 1.54) is 0 Å². The predicted molar refractivity (Wildman–Crippen MR) is 91.8 cm³/mol. The lowest BCUT2D eigenvalue weighted by Crippen LogP contribution is -2.43. The van der Waals surface area contributed by atoms with E-state index in [0.29, 0.717) is 0 Å². The van der Waals surface area contributed by atoms with Gasteiger partial charge in [-0.3, -0.25) is 9.48 Å². The SMILES string of the molecule is Cc1cnn(C(C)C(=O)Nc2ccccc2N2CCNCC2)c1. The maximum atomic E-state index is 12.6. The van der Waals surface area contributed by atoms with Gasteiger partial charge in [0.1, 0.15) is 6.04 Å². The maximum Gasteiger partial charge on any atom is 0.249 e. The summed E-state index contributed by atoms with van der Waals surface area (Å²) in [6.07, 6.45) is 3.64. The van der Waals surface area contributed by atoms with E-state index in [1.54, 1.807) is 10.9 Å². The molecule has 1 amide bonds. The molecule has 0 spiro atoms. The smallest absolute Gasteiger partial charge is 0.249 e. The van der Waals surface area contributed by atoms with Crippen molar-refractivity contribution in [3.05, 3.63) is 42.2 Å². The minimum Gasteiger partial charge on any atom is -0.367 e. The molecule has 6 nitrogen and oxygen atoms in total. The molecule has 2 heterocycles. The van der Waals surface area contributed by atoms with E-state index in [-0.39, 0.29) is 11.9 Å². The van der Waals surface area contributed by atoms with Crippen LogP contribution in [0.25, 0.3) is 0 Å². The Bertz CT molecular complexity index is 675. The molecule has 1 aromatic carbocycles. The number of aromatic nitrogens is 2. The molecule has 2 aromatic rings. The van der Waals surface area contributed by atoms with Crippen molar-refractivity contribution in [2.24, 2.45) is 0 Å². The first-order valence-corrected chi connectivity index (χ1v) is 8.01. The number of benzene rings is 1. The maximum absolute atomic E-state index is 12.6. The Labute approximate surface area is 136 Å². The molecule has 1 aromatic heterocycles. The minimum atomic E-state index is -0.347. The molecule has 23 heavy (non-hydrogen) atoms. The number of nitrogens with one attached hydrogen (secondary N) is 2. The van der Waals surface area contributed by atoms with Gasteiger partial charge in [0.25, 0.3) is 0 Å². The van der Waals surface area contributed by atoms with Gasteiger partial charge in [-0.15, -0.1) is 0 Å². The first-order chi connectivity index (χ1) is 11.1. The Morgan fingerprint density at radius 1 is 1.30 bits per heavy atom. The van der Waals surface area contributed by atoms with Crippen LogP contribution in [-0.4, -0.2) is 41.9 Å². The molecule has 1 aliphatic heterocycles. The van der Waals surface area contributed by atoms with Gasteiger partial charge in [0, 0.05) is 32.4 Å². The summed E-state index contributed by atoms with van der Waals surface area (Å²) >= 11 is 0. The summed E-state index contributed by atoms with van der Waals surface area (Å²) in [5.74, 6) is -0.0596. The van der Waals surface area contributed by atoms with Crippen LogP contribution in [0.3, 0.4) is 0 Å². The van der Waals surface area contributed by atoms with Crippen LogP contribution in [0, 0.1) is 6.92 Å². The van der Waals surface area contributed by atoms with Crippen LogP contribution in [0.5, 0.6) is 0 Å². The van der Waals surface area contributed by atoms with E-state index in [4.69, 9.17) is 0 Å². The summed E-state index contributed by atoms with van der Waals surface area (Å²) in [7, 11) is 0. The van der Waals surface area contributed by atoms with E-state index in [2.05, 4.69) is 26.7 Å². The second kappa shape index (κ2) is 6.83. The fourth-order valence-corrected chi connectivity index (χ4v) is 2.76. The van der Waals surface area contributed by atoms with Crippen molar-refractivity contribution >= 4 is 17.3 Å². The molecule has 1 unspecified atom stereocenters. The van der Waals surface area contributed by atoms with Gasteiger partial charge in [-0.1, -0.05) is 12.1 Å². The molecule has 0 radical (unpaired) electrons. The number of hydrogen-bond donors (Lipinski definition) is 2. The van der Waals surface area contributed by atoms with Crippen molar-refractivity contribution in [1.82, 2.24) is 15.1 Å². The number of aryl methyl sites for hydroxylation is 1. The number of piperazine rings is 1. The summed E-state index contributed by atoms with van der Waals surface area (Å²) < 4.78 is 1.69. The highest BCUT2D eigenvalue weighted by molar-refractivity contribution is 5.96. The second-order valence-corrected chi connectivity index (χ2v) is 5.92. The number of para-hydroxylation sites is 2. The predicted octanol–water partition coefficient (Wildman–Crippen LogP) is 1.80. The average Bonchev–Trinajstić information content (AvgIpc) is 3.02. The fourth-order valence-electron chi connectivity index (χ4n) is 2.76. The molecule has 1 atom stereocenters. The second-order valence-electron chi connectivity index (χ2n) is 5.92. The number of hydrogen-bond acceptors (Lipinski definition) is 4. The number of carbonyl (C=O) groups excluding carboxylic acids is 1. The highest BCUT2D eigenvalue weighted by Gasteiger charge is 2.19. The number of nitrogens with zero attached hydrogens (tertiary/aromatic N) is 3. The summed E-state index contributed by atoms with van der Waals surface area (Å²) in [4.78, 5) is 14.9. The first kappa shape index (κ1) is 15.6. The first-order valence-electron chi connectivity index (χ1n) is 8.01. The molecule has 2 N–H and O–H groups in total. The zero-order chi connectivity index (χ0) is 16.2. The molecule has 122 valence electrons. The normalized spacial score (nSPS) is 16.2. The topological polar surface area (TPSA) is 62.2 Å². The van der Waals surface area contributed by atoms with Gasteiger partial charge in [0.2, 0.25) is 5.91 Å². The molecule has 3 rings (SSSR count). The van der Waals surface area contributed by atoms with E-state index in [9.17, 15) is 4.79 Å². The third-order valence-electron chi connectivity index (χ3n) is 4.13. The zero-order valence-corrected chi connectivity index (χ0v) is 13.6. The van der Waals surface area contributed by atoms with E-state index in [1.807, 2.05) is 38.2 Å². The highest BCUT2D eigenvalue weighted by Crippen LogP contribution is 2.26. The minimum absolute atomic E-state index is 0.0596. The van der Waals surface area contributed by atoms with Gasteiger partial charge in [0.05, 0.1) is 17.6 Å². The third-order valence-corrected chi connectivity index (χ3v) is 4.13.